The molecule has 0 aliphatic heterocycles. The summed E-state index contributed by atoms with van der Waals surface area (Å²) in [6.45, 7) is 4.52. The number of ether oxygens (including phenoxy) is 1. The van der Waals surface area contributed by atoms with E-state index in [0.717, 1.165) is 18.6 Å². The van der Waals surface area contributed by atoms with Crippen LogP contribution in [0.2, 0.25) is 0 Å². The Labute approximate surface area is 132 Å². The fraction of sp³-hybridized carbons (Fsp3) is 0.333. The normalized spacial score (nSPS) is 11.2. The van der Waals surface area contributed by atoms with Gasteiger partial charge in [0.05, 0.1) is 7.11 Å². The van der Waals surface area contributed by atoms with E-state index in [9.17, 15) is 0 Å². The van der Waals surface area contributed by atoms with Crippen LogP contribution in [-0.4, -0.2) is 7.11 Å². The molecule has 1 nitrogen and oxygen atoms in total. The maximum absolute atomic E-state index is 5.47. The molecule has 0 bridgehead atoms. The number of fused-ring (bicyclic) bond motifs is 3. The Morgan fingerprint density at radius 1 is 0.727 bits per heavy atom. The van der Waals surface area contributed by atoms with E-state index in [1.54, 1.807) is 7.11 Å². The first-order valence-corrected chi connectivity index (χ1v) is 8.30. The minimum atomic E-state index is 0.947. The Morgan fingerprint density at radius 2 is 1.32 bits per heavy atom. The van der Waals surface area contributed by atoms with Crippen molar-refractivity contribution in [3.63, 3.8) is 0 Å². The van der Waals surface area contributed by atoms with Crippen molar-refractivity contribution in [1.29, 1.82) is 0 Å². The van der Waals surface area contributed by atoms with Crippen LogP contribution in [0.1, 0.15) is 37.8 Å². The summed E-state index contributed by atoms with van der Waals surface area (Å²) in [5.41, 5.74) is 3.04. The molecule has 0 heterocycles. The molecule has 0 amide bonds. The summed E-state index contributed by atoms with van der Waals surface area (Å²) >= 11 is 0. The van der Waals surface area contributed by atoms with Gasteiger partial charge in [-0.05, 0) is 57.6 Å². The molecule has 3 aromatic rings. The highest BCUT2D eigenvalue weighted by Crippen LogP contribution is 2.36. The molecule has 0 fully saturated rings. The van der Waals surface area contributed by atoms with Crippen LogP contribution in [0.25, 0.3) is 21.5 Å². The minimum Gasteiger partial charge on any atom is -0.497 e. The van der Waals surface area contributed by atoms with Crippen LogP contribution < -0.4 is 4.74 Å². The molecule has 114 valence electrons. The molecular formula is C21H24O. The molecule has 0 aliphatic carbocycles. The van der Waals surface area contributed by atoms with Crippen molar-refractivity contribution in [2.45, 2.75) is 39.5 Å². The van der Waals surface area contributed by atoms with Gasteiger partial charge in [-0.1, -0.05) is 57.0 Å². The van der Waals surface area contributed by atoms with Crippen molar-refractivity contribution in [3.8, 4) is 5.75 Å². The van der Waals surface area contributed by atoms with E-state index in [0.29, 0.717) is 0 Å². The van der Waals surface area contributed by atoms with Gasteiger partial charge >= 0.3 is 0 Å². The van der Waals surface area contributed by atoms with Crippen molar-refractivity contribution in [2.24, 2.45) is 0 Å². The van der Waals surface area contributed by atoms with Gasteiger partial charge in [-0.3, -0.25) is 0 Å². The number of methoxy groups -OCH3 is 1. The number of rotatable bonds is 5. The Morgan fingerprint density at radius 3 is 1.95 bits per heavy atom. The maximum atomic E-state index is 5.47. The highest BCUT2D eigenvalue weighted by atomic mass is 16.5. The summed E-state index contributed by atoms with van der Waals surface area (Å²) in [7, 11) is 1.74. The van der Waals surface area contributed by atoms with Crippen molar-refractivity contribution in [2.75, 3.05) is 7.11 Å². The van der Waals surface area contributed by atoms with E-state index in [1.165, 1.54) is 45.5 Å². The number of hydrogen-bond donors (Lipinski definition) is 0. The van der Waals surface area contributed by atoms with E-state index in [-0.39, 0.29) is 0 Å². The lowest BCUT2D eigenvalue weighted by molar-refractivity contribution is 0.415. The second-order valence-corrected chi connectivity index (χ2v) is 5.91. The minimum absolute atomic E-state index is 0.947. The zero-order valence-electron chi connectivity index (χ0n) is 13.8. The smallest absolute Gasteiger partial charge is 0.119 e. The first-order valence-electron chi connectivity index (χ1n) is 8.30. The van der Waals surface area contributed by atoms with Crippen LogP contribution in [0.4, 0.5) is 0 Å². The molecular weight excluding hydrogens is 268 g/mol. The van der Waals surface area contributed by atoms with Crippen LogP contribution in [0.5, 0.6) is 5.75 Å². The van der Waals surface area contributed by atoms with Crippen LogP contribution in [0, 0.1) is 0 Å². The Bertz CT molecular complexity index is 802. The van der Waals surface area contributed by atoms with Crippen LogP contribution >= 0.6 is 0 Å². The predicted octanol–water partition coefficient (Wildman–Crippen LogP) is 5.91. The quantitative estimate of drug-likeness (QED) is 0.531. The molecule has 0 aromatic heterocycles. The topological polar surface area (TPSA) is 9.23 Å². The Balaban J connectivity index is 2.46. The second-order valence-electron chi connectivity index (χ2n) is 5.91. The SMILES string of the molecule is CCCc1c(CCC)c2cc(OC)ccc2c2ccccc12. The fourth-order valence-electron chi connectivity index (χ4n) is 3.51. The number of benzene rings is 3. The van der Waals surface area contributed by atoms with E-state index in [1.807, 2.05) is 0 Å². The van der Waals surface area contributed by atoms with Gasteiger partial charge in [0.25, 0.3) is 0 Å². The van der Waals surface area contributed by atoms with Gasteiger partial charge in [0, 0.05) is 0 Å². The molecule has 3 aromatic carbocycles. The summed E-state index contributed by atoms with van der Waals surface area (Å²) in [6.07, 6.45) is 4.62. The third kappa shape index (κ3) is 2.45. The predicted molar refractivity (Wildman–Crippen MR) is 96.0 cm³/mol. The van der Waals surface area contributed by atoms with E-state index >= 15 is 0 Å². The maximum Gasteiger partial charge on any atom is 0.119 e. The van der Waals surface area contributed by atoms with Crippen LogP contribution in [0.3, 0.4) is 0 Å². The van der Waals surface area contributed by atoms with E-state index < -0.39 is 0 Å². The van der Waals surface area contributed by atoms with Crippen LogP contribution in [0.15, 0.2) is 42.5 Å². The molecule has 0 saturated heterocycles. The van der Waals surface area contributed by atoms with Gasteiger partial charge in [0.1, 0.15) is 5.75 Å². The second kappa shape index (κ2) is 6.39. The molecule has 0 spiro atoms. The molecule has 0 radical (unpaired) electrons. The van der Waals surface area contributed by atoms with Gasteiger partial charge in [-0.25, -0.2) is 0 Å². The fourth-order valence-corrected chi connectivity index (χ4v) is 3.51. The van der Waals surface area contributed by atoms with Gasteiger partial charge in [-0.15, -0.1) is 0 Å². The standard InChI is InChI=1S/C21H24O/c1-4-8-16-17(9-5-2)21-14-15(22-3)12-13-20(21)19-11-7-6-10-18(16)19/h6-7,10-14H,4-5,8-9H2,1-3H3. The lowest BCUT2D eigenvalue weighted by Crippen LogP contribution is -1.98. The van der Waals surface area contributed by atoms with E-state index in [2.05, 4.69) is 56.3 Å². The molecule has 3 rings (SSSR count). The summed E-state index contributed by atoms with van der Waals surface area (Å²) in [5.74, 6) is 0.947. The third-order valence-electron chi connectivity index (χ3n) is 4.46. The average Bonchev–Trinajstić information content (AvgIpc) is 2.57. The summed E-state index contributed by atoms with van der Waals surface area (Å²) in [6, 6.07) is 15.3. The molecule has 0 saturated carbocycles. The van der Waals surface area contributed by atoms with E-state index in [4.69, 9.17) is 4.74 Å². The Kier molecular flexibility index (Phi) is 4.33. The highest BCUT2D eigenvalue weighted by molar-refractivity contribution is 6.11. The first kappa shape index (κ1) is 14.9. The summed E-state index contributed by atoms with van der Waals surface area (Å²) in [5, 5.41) is 5.50. The van der Waals surface area contributed by atoms with Crippen LogP contribution in [-0.2, 0) is 12.8 Å². The van der Waals surface area contributed by atoms with Crippen molar-refractivity contribution >= 4 is 21.5 Å². The number of aryl methyl sites for hydroxylation is 2. The lowest BCUT2D eigenvalue weighted by Gasteiger charge is -2.17. The molecule has 1 heteroatoms. The zero-order chi connectivity index (χ0) is 15.5. The zero-order valence-corrected chi connectivity index (χ0v) is 13.8. The Hall–Kier alpha value is -2.02. The van der Waals surface area contributed by atoms with Crippen molar-refractivity contribution in [3.05, 3.63) is 53.6 Å². The lowest BCUT2D eigenvalue weighted by atomic mass is 9.87. The molecule has 22 heavy (non-hydrogen) atoms. The van der Waals surface area contributed by atoms with Gasteiger partial charge in [0.15, 0.2) is 0 Å². The van der Waals surface area contributed by atoms with Gasteiger partial charge in [-0.2, -0.15) is 0 Å². The monoisotopic (exact) mass is 292 g/mol. The average molecular weight is 292 g/mol. The molecule has 0 atom stereocenters. The summed E-state index contributed by atoms with van der Waals surface area (Å²) < 4.78 is 5.47. The van der Waals surface area contributed by atoms with Crippen molar-refractivity contribution < 1.29 is 4.74 Å². The van der Waals surface area contributed by atoms with Gasteiger partial charge in [0.2, 0.25) is 0 Å². The number of hydrogen-bond acceptors (Lipinski definition) is 1. The summed E-state index contributed by atoms with van der Waals surface area (Å²) in [4.78, 5) is 0. The molecule has 0 unspecified atom stereocenters. The molecule has 0 aliphatic rings. The van der Waals surface area contributed by atoms with Crippen molar-refractivity contribution in [1.82, 2.24) is 0 Å². The molecule has 0 N–H and O–H groups in total. The first-order chi connectivity index (χ1) is 10.8. The van der Waals surface area contributed by atoms with Gasteiger partial charge < -0.3 is 4.74 Å². The largest absolute Gasteiger partial charge is 0.497 e. The highest BCUT2D eigenvalue weighted by Gasteiger charge is 2.13. The third-order valence-corrected chi connectivity index (χ3v) is 4.46.